The summed E-state index contributed by atoms with van der Waals surface area (Å²) in [6.07, 6.45) is 1.16. The first-order valence-electron chi connectivity index (χ1n) is 6.09. The smallest absolute Gasteiger partial charge is 0.0329 e. The maximum atomic E-state index is 3.40. The normalized spacial score (nSPS) is 13.1. The fourth-order valence-electron chi connectivity index (χ4n) is 1.87. The Morgan fingerprint density at radius 2 is 2.12 bits per heavy atom. The quantitative estimate of drug-likeness (QED) is 0.792. The number of benzene rings is 1. The molecule has 90 valence electrons. The van der Waals surface area contributed by atoms with Gasteiger partial charge in [0.2, 0.25) is 0 Å². The number of hydrogen-bond acceptors (Lipinski definition) is 2. The highest BCUT2D eigenvalue weighted by Gasteiger charge is 2.09. The molecule has 0 saturated carbocycles. The second-order valence-electron chi connectivity index (χ2n) is 4.44. The predicted octanol–water partition coefficient (Wildman–Crippen LogP) is 2.60. The van der Waals surface area contributed by atoms with E-state index in [4.69, 9.17) is 0 Å². The standard InChI is InChI=1S/C14H24N2/c1-5-16(4)10-9-14(15-3)13-8-6-7-12(2)11-13/h6-8,11,14-15H,5,9-10H2,1-4H3. The van der Waals surface area contributed by atoms with Crippen molar-refractivity contribution in [1.29, 1.82) is 0 Å². The second-order valence-corrected chi connectivity index (χ2v) is 4.44. The molecule has 0 bridgehead atoms. The SMILES string of the molecule is CCN(C)CCC(NC)c1cccc(C)c1. The van der Waals surface area contributed by atoms with Crippen LogP contribution in [-0.4, -0.2) is 32.1 Å². The molecule has 1 atom stereocenters. The van der Waals surface area contributed by atoms with Gasteiger partial charge in [0, 0.05) is 6.04 Å². The molecular weight excluding hydrogens is 196 g/mol. The number of nitrogens with one attached hydrogen (secondary N) is 1. The molecule has 0 heterocycles. The molecule has 0 spiro atoms. The molecule has 1 aromatic rings. The summed E-state index contributed by atoms with van der Waals surface area (Å²) in [5.74, 6) is 0. The fourth-order valence-corrected chi connectivity index (χ4v) is 1.87. The Morgan fingerprint density at radius 1 is 1.38 bits per heavy atom. The van der Waals surface area contributed by atoms with Crippen LogP contribution >= 0.6 is 0 Å². The molecular formula is C14H24N2. The van der Waals surface area contributed by atoms with E-state index in [-0.39, 0.29) is 0 Å². The van der Waals surface area contributed by atoms with Crippen LogP contribution in [0.1, 0.15) is 30.5 Å². The summed E-state index contributed by atoms with van der Waals surface area (Å²) in [6, 6.07) is 9.23. The third kappa shape index (κ3) is 3.95. The largest absolute Gasteiger partial charge is 0.313 e. The first-order chi connectivity index (χ1) is 7.67. The van der Waals surface area contributed by atoms with Gasteiger partial charge >= 0.3 is 0 Å². The van der Waals surface area contributed by atoms with E-state index in [0.717, 1.165) is 19.5 Å². The summed E-state index contributed by atoms with van der Waals surface area (Å²) in [6.45, 7) is 6.59. The molecule has 0 saturated heterocycles. The number of rotatable bonds is 6. The molecule has 1 unspecified atom stereocenters. The summed E-state index contributed by atoms with van der Waals surface area (Å²) < 4.78 is 0. The van der Waals surface area contributed by atoms with Crippen LogP contribution in [0.5, 0.6) is 0 Å². The van der Waals surface area contributed by atoms with Gasteiger partial charge in [0.15, 0.2) is 0 Å². The van der Waals surface area contributed by atoms with E-state index in [1.54, 1.807) is 0 Å². The number of aryl methyl sites for hydroxylation is 1. The molecule has 1 rings (SSSR count). The van der Waals surface area contributed by atoms with Gasteiger partial charge in [-0.2, -0.15) is 0 Å². The van der Waals surface area contributed by atoms with E-state index in [2.05, 4.69) is 55.4 Å². The van der Waals surface area contributed by atoms with Crippen LogP contribution < -0.4 is 5.32 Å². The zero-order chi connectivity index (χ0) is 12.0. The van der Waals surface area contributed by atoms with E-state index in [1.165, 1.54) is 11.1 Å². The summed E-state index contributed by atoms with van der Waals surface area (Å²) >= 11 is 0. The lowest BCUT2D eigenvalue weighted by atomic mass is 10.0. The monoisotopic (exact) mass is 220 g/mol. The molecule has 0 aliphatic rings. The Labute approximate surface area is 99.7 Å². The van der Waals surface area contributed by atoms with Crippen LogP contribution in [0, 0.1) is 6.92 Å². The molecule has 0 aliphatic carbocycles. The summed E-state index contributed by atoms with van der Waals surface area (Å²) in [5.41, 5.74) is 2.73. The molecule has 2 nitrogen and oxygen atoms in total. The Morgan fingerprint density at radius 3 is 2.69 bits per heavy atom. The molecule has 0 aliphatic heterocycles. The molecule has 1 aromatic carbocycles. The zero-order valence-electron chi connectivity index (χ0n) is 11.0. The highest BCUT2D eigenvalue weighted by Crippen LogP contribution is 2.17. The van der Waals surface area contributed by atoms with Crippen molar-refractivity contribution >= 4 is 0 Å². The van der Waals surface area contributed by atoms with E-state index in [0.29, 0.717) is 6.04 Å². The van der Waals surface area contributed by atoms with Gasteiger partial charge in [0.25, 0.3) is 0 Å². The zero-order valence-corrected chi connectivity index (χ0v) is 11.0. The van der Waals surface area contributed by atoms with Crippen molar-refractivity contribution < 1.29 is 0 Å². The lowest BCUT2D eigenvalue weighted by Crippen LogP contribution is -2.25. The van der Waals surface area contributed by atoms with Gasteiger partial charge in [-0.25, -0.2) is 0 Å². The Balaban J connectivity index is 2.60. The van der Waals surface area contributed by atoms with E-state index in [1.807, 2.05) is 7.05 Å². The van der Waals surface area contributed by atoms with Crippen LogP contribution in [0.2, 0.25) is 0 Å². The maximum Gasteiger partial charge on any atom is 0.0329 e. The predicted molar refractivity (Wildman–Crippen MR) is 70.8 cm³/mol. The van der Waals surface area contributed by atoms with E-state index < -0.39 is 0 Å². The number of hydrogen-bond donors (Lipinski definition) is 1. The van der Waals surface area contributed by atoms with Crippen molar-refractivity contribution in [2.24, 2.45) is 0 Å². The van der Waals surface area contributed by atoms with Gasteiger partial charge in [0.05, 0.1) is 0 Å². The van der Waals surface area contributed by atoms with Crippen molar-refractivity contribution in [2.75, 3.05) is 27.2 Å². The topological polar surface area (TPSA) is 15.3 Å². The summed E-state index contributed by atoms with van der Waals surface area (Å²) in [5, 5.41) is 3.40. The minimum atomic E-state index is 0.467. The van der Waals surface area contributed by atoms with Gasteiger partial charge < -0.3 is 10.2 Å². The lowest BCUT2D eigenvalue weighted by molar-refractivity contribution is 0.326. The minimum absolute atomic E-state index is 0.467. The van der Waals surface area contributed by atoms with E-state index >= 15 is 0 Å². The molecule has 0 radical (unpaired) electrons. The lowest BCUT2D eigenvalue weighted by Gasteiger charge is -2.21. The molecule has 2 heteroatoms. The molecule has 0 amide bonds. The Kier molecular flexibility index (Phi) is 5.50. The van der Waals surface area contributed by atoms with Gasteiger partial charge in [-0.1, -0.05) is 36.8 Å². The highest BCUT2D eigenvalue weighted by molar-refractivity contribution is 5.25. The second kappa shape index (κ2) is 6.66. The summed E-state index contributed by atoms with van der Waals surface area (Å²) in [4.78, 5) is 2.35. The molecule has 0 aromatic heterocycles. The van der Waals surface area contributed by atoms with Crippen molar-refractivity contribution in [3.8, 4) is 0 Å². The maximum absolute atomic E-state index is 3.40. The van der Waals surface area contributed by atoms with Crippen LogP contribution in [0.3, 0.4) is 0 Å². The van der Waals surface area contributed by atoms with Crippen LogP contribution in [-0.2, 0) is 0 Å². The van der Waals surface area contributed by atoms with Gasteiger partial charge in [-0.3, -0.25) is 0 Å². The van der Waals surface area contributed by atoms with E-state index in [9.17, 15) is 0 Å². The first kappa shape index (κ1) is 13.2. The van der Waals surface area contributed by atoms with Gasteiger partial charge in [-0.05, 0) is 46.1 Å². The fraction of sp³-hybridized carbons (Fsp3) is 0.571. The molecule has 0 fully saturated rings. The average Bonchev–Trinajstić information content (AvgIpc) is 2.29. The van der Waals surface area contributed by atoms with Crippen LogP contribution in [0.15, 0.2) is 24.3 Å². The molecule has 16 heavy (non-hydrogen) atoms. The van der Waals surface area contributed by atoms with Crippen LogP contribution in [0.4, 0.5) is 0 Å². The average molecular weight is 220 g/mol. The van der Waals surface area contributed by atoms with Gasteiger partial charge in [-0.15, -0.1) is 0 Å². The number of nitrogens with zero attached hydrogens (tertiary/aromatic N) is 1. The van der Waals surface area contributed by atoms with Crippen molar-refractivity contribution in [3.05, 3.63) is 35.4 Å². The Bertz CT molecular complexity index is 309. The van der Waals surface area contributed by atoms with Crippen molar-refractivity contribution in [3.63, 3.8) is 0 Å². The first-order valence-corrected chi connectivity index (χ1v) is 6.09. The third-order valence-electron chi connectivity index (χ3n) is 3.13. The van der Waals surface area contributed by atoms with Crippen molar-refractivity contribution in [1.82, 2.24) is 10.2 Å². The Hall–Kier alpha value is -0.860. The van der Waals surface area contributed by atoms with Crippen molar-refractivity contribution in [2.45, 2.75) is 26.3 Å². The van der Waals surface area contributed by atoms with Crippen LogP contribution in [0.25, 0.3) is 0 Å². The minimum Gasteiger partial charge on any atom is -0.313 e. The molecule has 1 N–H and O–H groups in total. The van der Waals surface area contributed by atoms with Gasteiger partial charge in [0.1, 0.15) is 0 Å². The highest BCUT2D eigenvalue weighted by atomic mass is 15.1. The summed E-state index contributed by atoms with van der Waals surface area (Å²) in [7, 11) is 4.21. The third-order valence-corrected chi connectivity index (χ3v) is 3.13.